The summed E-state index contributed by atoms with van der Waals surface area (Å²) in [7, 11) is 3.35. The molecule has 22 heavy (non-hydrogen) atoms. The van der Waals surface area contributed by atoms with Gasteiger partial charge in [0, 0.05) is 24.3 Å². The first kappa shape index (κ1) is 16.5. The SMILES string of the molecule is CCOC(=O)C1=C(C)N(C)C(=O)N(C)[C@@H]1c1cccc(Br)c1. The van der Waals surface area contributed by atoms with Crippen molar-refractivity contribution >= 4 is 27.9 Å². The van der Waals surface area contributed by atoms with Crippen LogP contribution in [0.25, 0.3) is 0 Å². The largest absolute Gasteiger partial charge is 0.463 e. The Morgan fingerprint density at radius 3 is 2.64 bits per heavy atom. The van der Waals surface area contributed by atoms with Gasteiger partial charge in [0.2, 0.25) is 0 Å². The van der Waals surface area contributed by atoms with Gasteiger partial charge < -0.3 is 14.5 Å². The lowest BCUT2D eigenvalue weighted by Crippen LogP contribution is -2.47. The Kier molecular flexibility index (Phi) is 4.90. The van der Waals surface area contributed by atoms with Gasteiger partial charge in [0.1, 0.15) is 0 Å². The van der Waals surface area contributed by atoms with Gasteiger partial charge in [0.25, 0.3) is 0 Å². The maximum atomic E-state index is 12.4. The molecule has 0 radical (unpaired) electrons. The number of allylic oxidation sites excluding steroid dienone is 1. The summed E-state index contributed by atoms with van der Waals surface area (Å²) in [4.78, 5) is 27.8. The highest BCUT2D eigenvalue weighted by molar-refractivity contribution is 9.10. The van der Waals surface area contributed by atoms with Crippen molar-refractivity contribution in [1.82, 2.24) is 9.80 Å². The first-order valence-electron chi connectivity index (χ1n) is 7.02. The van der Waals surface area contributed by atoms with Crippen molar-refractivity contribution < 1.29 is 14.3 Å². The number of urea groups is 1. The molecule has 0 aromatic heterocycles. The van der Waals surface area contributed by atoms with Crippen molar-refractivity contribution in [3.05, 3.63) is 45.6 Å². The van der Waals surface area contributed by atoms with Crippen LogP contribution >= 0.6 is 15.9 Å². The van der Waals surface area contributed by atoms with E-state index in [4.69, 9.17) is 4.74 Å². The van der Waals surface area contributed by atoms with Gasteiger partial charge in [-0.25, -0.2) is 9.59 Å². The highest BCUT2D eigenvalue weighted by Gasteiger charge is 2.39. The van der Waals surface area contributed by atoms with Gasteiger partial charge in [-0.3, -0.25) is 0 Å². The summed E-state index contributed by atoms with van der Waals surface area (Å²) < 4.78 is 6.09. The summed E-state index contributed by atoms with van der Waals surface area (Å²) in [6.45, 7) is 3.83. The van der Waals surface area contributed by atoms with Gasteiger partial charge in [0.15, 0.2) is 0 Å². The van der Waals surface area contributed by atoms with Crippen molar-refractivity contribution in [1.29, 1.82) is 0 Å². The molecule has 0 N–H and O–H groups in total. The number of halogens is 1. The second-order valence-electron chi connectivity index (χ2n) is 5.13. The molecule has 2 rings (SSSR count). The molecule has 1 aliphatic heterocycles. The Morgan fingerprint density at radius 2 is 2.05 bits per heavy atom. The number of rotatable bonds is 3. The quantitative estimate of drug-likeness (QED) is 0.770. The lowest BCUT2D eigenvalue weighted by molar-refractivity contribution is -0.139. The number of esters is 1. The van der Waals surface area contributed by atoms with E-state index < -0.39 is 12.0 Å². The van der Waals surface area contributed by atoms with Crippen molar-refractivity contribution in [3.8, 4) is 0 Å². The van der Waals surface area contributed by atoms with Crippen LogP contribution in [-0.2, 0) is 9.53 Å². The first-order chi connectivity index (χ1) is 10.4. The van der Waals surface area contributed by atoms with E-state index in [2.05, 4.69) is 15.9 Å². The molecule has 5 nitrogen and oxygen atoms in total. The third kappa shape index (κ3) is 2.88. The Balaban J connectivity index is 2.60. The fourth-order valence-electron chi connectivity index (χ4n) is 2.60. The molecular formula is C16H19BrN2O3. The third-order valence-corrected chi connectivity index (χ3v) is 4.30. The number of hydrogen-bond donors (Lipinski definition) is 0. The first-order valence-corrected chi connectivity index (χ1v) is 7.81. The topological polar surface area (TPSA) is 49.9 Å². The number of carbonyl (C=O) groups excluding carboxylic acids is 2. The number of amides is 2. The summed E-state index contributed by atoms with van der Waals surface area (Å²) >= 11 is 3.43. The minimum atomic E-state index is -0.458. The molecule has 2 amide bonds. The van der Waals surface area contributed by atoms with Crippen LogP contribution in [-0.4, -0.2) is 42.5 Å². The molecule has 0 unspecified atom stereocenters. The molecule has 1 atom stereocenters. The Morgan fingerprint density at radius 1 is 1.36 bits per heavy atom. The normalized spacial score (nSPS) is 18.8. The molecule has 0 spiro atoms. The molecule has 1 aliphatic rings. The number of carbonyl (C=O) groups is 2. The molecule has 0 saturated carbocycles. The average Bonchev–Trinajstić information content (AvgIpc) is 2.48. The van der Waals surface area contributed by atoms with Gasteiger partial charge in [0.05, 0.1) is 18.2 Å². The summed E-state index contributed by atoms with van der Waals surface area (Å²) in [6, 6.07) is 6.98. The molecule has 6 heteroatoms. The average molecular weight is 367 g/mol. The zero-order valence-corrected chi connectivity index (χ0v) is 14.7. The Hall–Kier alpha value is -1.82. The number of benzene rings is 1. The van der Waals surface area contributed by atoms with Crippen LogP contribution < -0.4 is 0 Å². The number of ether oxygens (including phenoxy) is 1. The number of hydrogen-bond acceptors (Lipinski definition) is 3. The molecule has 0 saturated heterocycles. The van der Waals surface area contributed by atoms with Crippen molar-refractivity contribution in [2.45, 2.75) is 19.9 Å². The smallest absolute Gasteiger partial charge is 0.338 e. The van der Waals surface area contributed by atoms with Crippen LogP contribution in [0.2, 0.25) is 0 Å². The Bertz CT molecular complexity index is 642. The van der Waals surface area contributed by atoms with Crippen molar-refractivity contribution in [3.63, 3.8) is 0 Å². The van der Waals surface area contributed by atoms with Gasteiger partial charge >= 0.3 is 12.0 Å². The zero-order valence-electron chi connectivity index (χ0n) is 13.1. The summed E-state index contributed by atoms with van der Waals surface area (Å²) in [6.07, 6.45) is 0. The summed E-state index contributed by atoms with van der Waals surface area (Å²) in [5.41, 5.74) is 1.97. The maximum Gasteiger partial charge on any atom is 0.338 e. The summed E-state index contributed by atoms with van der Waals surface area (Å²) in [5, 5.41) is 0. The second kappa shape index (κ2) is 6.52. The molecule has 1 aromatic rings. The lowest BCUT2D eigenvalue weighted by Gasteiger charge is -2.39. The van der Waals surface area contributed by atoms with Crippen LogP contribution in [0.4, 0.5) is 4.79 Å². The minimum absolute atomic E-state index is 0.157. The van der Waals surface area contributed by atoms with Gasteiger partial charge in [-0.15, -0.1) is 0 Å². The maximum absolute atomic E-state index is 12.4. The standard InChI is InChI=1S/C16H19BrN2O3/c1-5-22-15(20)13-10(2)18(3)16(21)19(4)14(13)11-7-6-8-12(17)9-11/h6-9,14H,5H2,1-4H3/t14-/m1/s1. The second-order valence-corrected chi connectivity index (χ2v) is 6.05. The van der Waals surface area contributed by atoms with Crippen LogP contribution in [0.1, 0.15) is 25.5 Å². The van der Waals surface area contributed by atoms with Crippen molar-refractivity contribution in [2.24, 2.45) is 0 Å². The molecule has 0 bridgehead atoms. The van der Waals surface area contributed by atoms with E-state index in [1.807, 2.05) is 24.3 Å². The Labute approximate surface area is 138 Å². The van der Waals surface area contributed by atoms with E-state index in [0.29, 0.717) is 17.9 Å². The van der Waals surface area contributed by atoms with Gasteiger partial charge in [-0.05, 0) is 31.5 Å². The van der Waals surface area contributed by atoms with Crippen LogP contribution in [0, 0.1) is 0 Å². The fraction of sp³-hybridized carbons (Fsp3) is 0.375. The molecule has 0 aliphatic carbocycles. The van der Waals surface area contributed by atoms with E-state index >= 15 is 0 Å². The van der Waals surface area contributed by atoms with E-state index in [0.717, 1.165) is 10.0 Å². The van der Waals surface area contributed by atoms with Crippen molar-refractivity contribution in [2.75, 3.05) is 20.7 Å². The third-order valence-electron chi connectivity index (χ3n) is 3.80. The molecule has 0 fully saturated rings. The summed E-state index contributed by atoms with van der Waals surface area (Å²) in [5.74, 6) is -0.392. The number of likely N-dealkylation sites (N-methyl/N-ethyl adjacent to an activating group) is 1. The van der Waals surface area contributed by atoms with Gasteiger partial charge in [-0.1, -0.05) is 28.1 Å². The van der Waals surface area contributed by atoms with Crippen LogP contribution in [0.15, 0.2) is 40.0 Å². The predicted molar refractivity (Wildman–Crippen MR) is 87.1 cm³/mol. The molecule has 118 valence electrons. The molecule has 1 aromatic carbocycles. The highest BCUT2D eigenvalue weighted by Crippen LogP contribution is 2.36. The van der Waals surface area contributed by atoms with Crippen LogP contribution in [0.3, 0.4) is 0 Å². The monoisotopic (exact) mass is 366 g/mol. The minimum Gasteiger partial charge on any atom is -0.463 e. The van der Waals surface area contributed by atoms with Crippen LogP contribution in [0.5, 0.6) is 0 Å². The zero-order chi connectivity index (χ0) is 16.4. The fourth-order valence-corrected chi connectivity index (χ4v) is 3.01. The van der Waals surface area contributed by atoms with E-state index in [1.54, 1.807) is 32.8 Å². The van der Waals surface area contributed by atoms with E-state index in [9.17, 15) is 9.59 Å². The molecule has 1 heterocycles. The van der Waals surface area contributed by atoms with E-state index in [1.165, 1.54) is 4.90 Å². The number of nitrogens with zero attached hydrogens (tertiary/aromatic N) is 2. The van der Waals surface area contributed by atoms with Gasteiger partial charge in [-0.2, -0.15) is 0 Å². The van der Waals surface area contributed by atoms with E-state index in [-0.39, 0.29) is 6.03 Å². The predicted octanol–water partition coefficient (Wildman–Crippen LogP) is 3.32. The highest BCUT2D eigenvalue weighted by atomic mass is 79.9. The molecular weight excluding hydrogens is 348 g/mol. The lowest BCUT2D eigenvalue weighted by atomic mass is 9.94.